The van der Waals surface area contributed by atoms with Gasteiger partial charge in [0, 0.05) is 9.93 Å². The second kappa shape index (κ2) is 8.92. The Hall–Kier alpha value is -0.990. The number of nitrogens with one attached hydrogen (secondary N) is 1. The molecule has 0 heterocycles. The summed E-state index contributed by atoms with van der Waals surface area (Å²) in [5.74, 6) is 0. The summed E-state index contributed by atoms with van der Waals surface area (Å²) in [5.41, 5.74) is 4.39. The zero-order chi connectivity index (χ0) is 18.5. The molecule has 0 aliphatic carbocycles. The number of thioether (sulfide) groups is 1. The molecule has 0 aromatic heterocycles. The Morgan fingerprint density at radius 3 is 2.38 bits per heavy atom. The van der Waals surface area contributed by atoms with Crippen molar-refractivity contribution in [3.8, 4) is 0 Å². The van der Waals surface area contributed by atoms with Crippen molar-refractivity contribution in [2.75, 3.05) is 0 Å². The fourth-order valence-corrected chi connectivity index (χ4v) is 4.00. The molecular weight excluding hydrogens is 334 g/mol. The Morgan fingerprint density at radius 2 is 1.92 bits per heavy atom. The number of rotatable bonds is 7. The summed E-state index contributed by atoms with van der Waals surface area (Å²) in [6, 6.07) is 4.34. The van der Waals surface area contributed by atoms with Crippen LogP contribution < -0.4 is 0 Å². The molecule has 0 saturated carbocycles. The molecule has 0 amide bonds. The number of benzene rings is 1. The van der Waals surface area contributed by atoms with Crippen LogP contribution in [0.15, 0.2) is 30.4 Å². The van der Waals surface area contributed by atoms with Crippen LogP contribution in [0.1, 0.15) is 71.1 Å². The molecule has 0 aliphatic heterocycles. The van der Waals surface area contributed by atoms with Crippen molar-refractivity contribution in [2.45, 2.75) is 66.2 Å². The van der Waals surface area contributed by atoms with Crippen LogP contribution in [0, 0.1) is 5.41 Å². The quantitative estimate of drug-likeness (QED) is 0.390. The van der Waals surface area contributed by atoms with Gasteiger partial charge >= 0.3 is 0 Å². The summed E-state index contributed by atoms with van der Waals surface area (Å²) in [7, 11) is 0. The zero-order valence-corrected chi connectivity index (χ0v) is 17.4. The standard InChI is InChI=1S/C21H30ClNS/c1-8-11-18(24-20(23)14(4)5)16-12-13-17(21(6,7)10-3)19(22)15(16)9-2/h11-13,23H,4,8-10H2,1-3,5-7H3/b18-11+,23-20?. The summed E-state index contributed by atoms with van der Waals surface area (Å²) in [6.45, 7) is 16.7. The highest BCUT2D eigenvalue weighted by Gasteiger charge is 2.24. The van der Waals surface area contributed by atoms with E-state index in [1.165, 1.54) is 22.9 Å². The lowest BCUT2D eigenvalue weighted by Crippen LogP contribution is -2.17. The molecule has 0 radical (unpaired) electrons. The van der Waals surface area contributed by atoms with Crippen LogP contribution in [0.2, 0.25) is 5.02 Å². The van der Waals surface area contributed by atoms with Gasteiger partial charge in [0.15, 0.2) is 0 Å². The maximum absolute atomic E-state index is 8.14. The van der Waals surface area contributed by atoms with Crippen LogP contribution in [0.25, 0.3) is 4.91 Å². The maximum atomic E-state index is 8.14. The highest BCUT2D eigenvalue weighted by atomic mass is 35.5. The summed E-state index contributed by atoms with van der Waals surface area (Å²) < 4.78 is 0. The second-order valence-electron chi connectivity index (χ2n) is 6.73. The minimum Gasteiger partial charge on any atom is -0.293 e. The van der Waals surface area contributed by atoms with E-state index in [0.717, 1.165) is 40.3 Å². The van der Waals surface area contributed by atoms with Crippen molar-refractivity contribution in [1.29, 1.82) is 5.41 Å². The summed E-state index contributed by atoms with van der Waals surface area (Å²) in [4.78, 5) is 1.10. The van der Waals surface area contributed by atoms with E-state index in [1.54, 1.807) is 0 Å². The normalized spacial score (nSPS) is 12.4. The highest BCUT2D eigenvalue weighted by molar-refractivity contribution is 8.22. The lowest BCUT2D eigenvalue weighted by Gasteiger charge is -2.27. The number of hydrogen-bond donors (Lipinski definition) is 1. The van der Waals surface area contributed by atoms with Crippen molar-refractivity contribution in [2.24, 2.45) is 0 Å². The molecule has 0 unspecified atom stereocenters. The van der Waals surface area contributed by atoms with Crippen LogP contribution in [-0.2, 0) is 11.8 Å². The molecule has 1 aromatic carbocycles. The Balaban J connectivity index is 3.46. The Morgan fingerprint density at radius 1 is 1.29 bits per heavy atom. The van der Waals surface area contributed by atoms with E-state index < -0.39 is 0 Å². The fraction of sp³-hybridized carbons (Fsp3) is 0.476. The fourth-order valence-electron chi connectivity index (χ4n) is 2.50. The molecular formula is C21H30ClNS. The van der Waals surface area contributed by atoms with Crippen molar-refractivity contribution in [3.63, 3.8) is 0 Å². The van der Waals surface area contributed by atoms with E-state index in [0.29, 0.717) is 5.04 Å². The van der Waals surface area contributed by atoms with Crippen LogP contribution in [0.3, 0.4) is 0 Å². The molecule has 0 atom stereocenters. The number of halogens is 1. The van der Waals surface area contributed by atoms with Crippen molar-refractivity contribution >= 4 is 33.3 Å². The molecule has 0 aliphatic rings. The van der Waals surface area contributed by atoms with Gasteiger partial charge in [-0.05, 0) is 53.9 Å². The third-order valence-electron chi connectivity index (χ3n) is 4.46. The van der Waals surface area contributed by atoms with E-state index in [4.69, 9.17) is 17.0 Å². The minimum atomic E-state index is 0.0612. The van der Waals surface area contributed by atoms with Crippen molar-refractivity contribution < 1.29 is 0 Å². The van der Waals surface area contributed by atoms with Crippen LogP contribution >= 0.6 is 23.4 Å². The first-order valence-electron chi connectivity index (χ1n) is 8.64. The summed E-state index contributed by atoms with van der Waals surface area (Å²) in [6.07, 6.45) is 5.03. The molecule has 0 saturated heterocycles. The van der Waals surface area contributed by atoms with Gasteiger partial charge < -0.3 is 0 Å². The van der Waals surface area contributed by atoms with Crippen LogP contribution in [0.5, 0.6) is 0 Å². The molecule has 1 rings (SSSR count). The largest absolute Gasteiger partial charge is 0.293 e. The third-order valence-corrected chi connectivity index (χ3v) is 6.06. The summed E-state index contributed by atoms with van der Waals surface area (Å²) in [5, 5.41) is 9.53. The van der Waals surface area contributed by atoms with E-state index in [9.17, 15) is 0 Å². The van der Waals surface area contributed by atoms with E-state index in [-0.39, 0.29) is 5.41 Å². The monoisotopic (exact) mass is 363 g/mol. The van der Waals surface area contributed by atoms with Crippen molar-refractivity contribution in [1.82, 2.24) is 0 Å². The van der Waals surface area contributed by atoms with Gasteiger partial charge in [-0.3, -0.25) is 5.41 Å². The molecule has 132 valence electrons. The topological polar surface area (TPSA) is 23.9 Å². The first-order chi connectivity index (χ1) is 11.2. The third kappa shape index (κ3) is 4.77. The molecule has 0 fully saturated rings. The lowest BCUT2D eigenvalue weighted by molar-refractivity contribution is 0.506. The smallest absolute Gasteiger partial charge is 0.0940 e. The highest BCUT2D eigenvalue weighted by Crippen LogP contribution is 2.40. The summed E-state index contributed by atoms with van der Waals surface area (Å²) >= 11 is 8.29. The molecule has 3 heteroatoms. The molecule has 24 heavy (non-hydrogen) atoms. The van der Waals surface area contributed by atoms with Gasteiger partial charge in [-0.15, -0.1) is 0 Å². The molecule has 0 bridgehead atoms. The average Bonchev–Trinajstić information content (AvgIpc) is 2.53. The molecule has 1 aromatic rings. The van der Waals surface area contributed by atoms with Gasteiger partial charge in [0.05, 0.1) is 5.04 Å². The predicted octanol–water partition coefficient (Wildman–Crippen LogP) is 7.63. The first-order valence-corrected chi connectivity index (χ1v) is 9.83. The van der Waals surface area contributed by atoms with Gasteiger partial charge in [0.25, 0.3) is 0 Å². The Kier molecular flexibility index (Phi) is 7.82. The molecule has 0 spiro atoms. The number of hydrogen-bond acceptors (Lipinski definition) is 2. The van der Waals surface area contributed by atoms with Crippen LogP contribution in [0.4, 0.5) is 0 Å². The van der Waals surface area contributed by atoms with E-state index >= 15 is 0 Å². The van der Waals surface area contributed by atoms with Gasteiger partial charge in [-0.25, -0.2) is 0 Å². The van der Waals surface area contributed by atoms with E-state index in [1.807, 2.05) is 6.92 Å². The second-order valence-corrected chi connectivity index (χ2v) is 8.16. The zero-order valence-electron chi connectivity index (χ0n) is 15.8. The molecule has 1 N–H and O–H groups in total. The average molecular weight is 364 g/mol. The SMILES string of the molecule is C=C(C)C(=N)S/C(=C/CC)c1ccc(C(C)(C)CC)c(Cl)c1CC. The van der Waals surface area contributed by atoms with Crippen molar-refractivity contribution in [3.05, 3.63) is 52.1 Å². The molecule has 1 nitrogen and oxygen atoms in total. The lowest BCUT2D eigenvalue weighted by atomic mass is 9.80. The van der Waals surface area contributed by atoms with E-state index in [2.05, 4.69) is 59.4 Å². The minimum absolute atomic E-state index is 0.0612. The van der Waals surface area contributed by atoms with Gasteiger partial charge in [-0.1, -0.05) is 82.8 Å². The van der Waals surface area contributed by atoms with Gasteiger partial charge in [-0.2, -0.15) is 0 Å². The maximum Gasteiger partial charge on any atom is 0.0940 e. The Bertz CT molecular complexity index is 656. The Labute approximate surface area is 157 Å². The van der Waals surface area contributed by atoms with Crippen LogP contribution in [-0.4, -0.2) is 5.04 Å². The van der Waals surface area contributed by atoms with Gasteiger partial charge in [0.1, 0.15) is 0 Å². The predicted molar refractivity (Wildman–Crippen MR) is 113 cm³/mol. The first kappa shape index (κ1) is 21.1. The number of allylic oxidation sites excluding steroid dienone is 1. The van der Waals surface area contributed by atoms with Gasteiger partial charge in [0.2, 0.25) is 0 Å².